The Morgan fingerprint density at radius 2 is 2.00 bits per heavy atom. The normalized spacial score (nSPS) is 10.6. The van der Waals surface area contributed by atoms with E-state index in [4.69, 9.17) is 0 Å². The SMILES string of the molecule is CCc1cccc2sc(NC(=O)Nc3ccccc3F)nc12. The maximum absolute atomic E-state index is 13.5. The smallest absolute Gasteiger partial charge is 0.305 e. The minimum Gasteiger partial charge on any atom is -0.305 e. The van der Waals surface area contributed by atoms with Gasteiger partial charge in [-0.2, -0.15) is 0 Å². The molecule has 0 saturated carbocycles. The molecule has 0 bridgehead atoms. The van der Waals surface area contributed by atoms with E-state index in [1.165, 1.54) is 23.5 Å². The topological polar surface area (TPSA) is 54.0 Å². The van der Waals surface area contributed by atoms with Gasteiger partial charge in [-0.05, 0) is 30.2 Å². The van der Waals surface area contributed by atoms with Crippen LogP contribution in [0.15, 0.2) is 42.5 Å². The van der Waals surface area contributed by atoms with Crippen molar-refractivity contribution in [2.24, 2.45) is 0 Å². The van der Waals surface area contributed by atoms with E-state index in [2.05, 4.69) is 22.5 Å². The third-order valence-electron chi connectivity index (χ3n) is 3.23. The maximum atomic E-state index is 13.5. The molecule has 1 aromatic heterocycles. The number of rotatable bonds is 3. The molecule has 2 aromatic carbocycles. The second-order valence-corrected chi connectivity index (χ2v) is 5.73. The number of amides is 2. The predicted octanol–water partition coefficient (Wildman–Crippen LogP) is 4.64. The second kappa shape index (κ2) is 6.11. The third kappa shape index (κ3) is 2.92. The highest BCUT2D eigenvalue weighted by molar-refractivity contribution is 7.22. The molecule has 3 rings (SSSR count). The molecule has 0 saturated heterocycles. The van der Waals surface area contributed by atoms with E-state index in [1.54, 1.807) is 12.1 Å². The summed E-state index contributed by atoms with van der Waals surface area (Å²) in [4.78, 5) is 16.4. The zero-order chi connectivity index (χ0) is 15.5. The summed E-state index contributed by atoms with van der Waals surface area (Å²) in [5.74, 6) is -0.477. The van der Waals surface area contributed by atoms with Gasteiger partial charge in [0.25, 0.3) is 0 Å². The zero-order valence-corrected chi connectivity index (χ0v) is 12.7. The minimum absolute atomic E-state index is 0.135. The Morgan fingerprint density at radius 3 is 2.77 bits per heavy atom. The molecule has 4 nitrogen and oxygen atoms in total. The summed E-state index contributed by atoms with van der Waals surface area (Å²) in [6, 6.07) is 11.5. The first-order chi connectivity index (χ1) is 10.7. The quantitative estimate of drug-likeness (QED) is 0.739. The van der Waals surface area contributed by atoms with Crippen molar-refractivity contribution in [1.29, 1.82) is 0 Å². The summed E-state index contributed by atoms with van der Waals surface area (Å²) >= 11 is 1.39. The Kier molecular flexibility index (Phi) is 4.02. The average Bonchev–Trinajstić information content (AvgIpc) is 2.91. The molecule has 2 amide bonds. The maximum Gasteiger partial charge on any atom is 0.325 e. The molecule has 112 valence electrons. The Bertz CT molecular complexity index is 831. The summed E-state index contributed by atoms with van der Waals surface area (Å²) in [6.07, 6.45) is 0.877. The van der Waals surface area contributed by atoms with Crippen molar-refractivity contribution in [3.63, 3.8) is 0 Å². The molecule has 0 aliphatic rings. The molecular formula is C16H14FN3OS. The van der Waals surface area contributed by atoms with E-state index in [0.717, 1.165) is 22.2 Å². The second-order valence-electron chi connectivity index (χ2n) is 4.70. The fraction of sp³-hybridized carbons (Fsp3) is 0.125. The van der Waals surface area contributed by atoms with Gasteiger partial charge in [0.2, 0.25) is 0 Å². The number of nitrogens with zero attached hydrogens (tertiary/aromatic N) is 1. The number of nitrogens with one attached hydrogen (secondary N) is 2. The Hall–Kier alpha value is -2.47. The van der Waals surface area contributed by atoms with Crippen LogP contribution in [0.25, 0.3) is 10.2 Å². The lowest BCUT2D eigenvalue weighted by Gasteiger charge is -2.05. The molecule has 1 heterocycles. The standard InChI is InChI=1S/C16H14FN3OS/c1-2-10-6-5-9-13-14(10)19-16(22-13)20-15(21)18-12-8-4-3-7-11(12)17/h3-9H,2H2,1H3,(H2,18,19,20,21). The number of benzene rings is 2. The fourth-order valence-electron chi connectivity index (χ4n) is 2.16. The summed E-state index contributed by atoms with van der Waals surface area (Å²) in [5.41, 5.74) is 2.17. The third-order valence-corrected chi connectivity index (χ3v) is 4.16. The van der Waals surface area contributed by atoms with Gasteiger partial charge < -0.3 is 5.32 Å². The van der Waals surface area contributed by atoms with Crippen molar-refractivity contribution in [1.82, 2.24) is 4.98 Å². The van der Waals surface area contributed by atoms with Crippen LogP contribution in [0.2, 0.25) is 0 Å². The lowest BCUT2D eigenvalue weighted by atomic mass is 10.1. The van der Waals surface area contributed by atoms with Gasteiger partial charge in [0, 0.05) is 0 Å². The Morgan fingerprint density at radius 1 is 1.18 bits per heavy atom. The van der Waals surface area contributed by atoms with Crippen molar-refractivity contribution in [3.8, 4) is 0 Å². The molecule has 0 fully saturated rings. The minimum atomic E-state index is -0.512. The summed E-state index contributed by atoms with van der Waals surface area (Å²) in [6.45, 7) is 2.06. The Balaban J connectivity index is 1.78. The predicted molar refractivity (Wildman–Crippen MR) is 88.0 cm³/mol. The molecule has 0 aliphatic heterocycles. The lowest BCUT2D eigenvalue weighted by Crippen LogP contribution is -2.19. The number of halogens is 1. The summed E-state index contributed by atoms with van der Waals surface area (Å²) in [5, 5.41) is 5.61. The van der Waals surface area contributed by atoms with Crippen molar-refractivity contribution in [2.45, 2.75) is 13.3 Å². The van der Waals surface area contributed by atoms with Crippen LogP contribution in [0.1, 0.15) is 12.5 Å². The highest BCUT2D eigenvalue weighted by Gasteiger charge is 2.11. The van der Waals surface area contributed by atoms with Crippen LogP contribution in [0, 0.1) is 5.82 Å². The molecule has 6 heteroatoms. The van der Waals surface area contributed by atoms with Crippen LogP contribution in [-0.4, -0.2) is 11.0 Å². The van der Waals surface area contributed by atoms with Crippen molar-refractivity contribution in [2.75, 3.05) is 10.6 Å². The number of aryl methyl sites for hydroxylation is 1. The van der Waals surface area contributed by atoms with Gasteiger partial charge in [0.1, 0.15) is 5.82 Å². The molecule has 2 N–H and O–H groups in total. The first-order valence-electron chi connectivity index (χ1n) is 6.88. The van der Waals surface area contributed by atoms with Gasteiger partial charge in [-0.15, -0.1) is 0 Å². The first-order valence-corrected chi connectivity index (χ1v) is 7.70. The van der Waals surface area contributed by atoms with E-state index in [-0.39, 0.29) is 5.69 Å². The lowest BCUT2D eigenvalue weighted by molar-refractivity contribution is 0.262. The van der Waals surface area contributed by atoms with Gasteiger partial charge in [0.15, 0.2) is 5.13 Å². The molecule has 0 atom stereocenters. The number of carbonyl (C=O) groups excluding carboxylic acids is 1. The molecular weight excluding hydrogens is 301 g/mol. The molecule has 0 unspecified atom stereocenters. The molecule has 0 radical (unpaired) electrons. The van der Waals surface area contributed by atoms with E-state index in [1.807, 2.05) is 18.2 Å². The van der Waals surface area contributed by atoms with Crippen molar-refractivity contribution < 1.29 is 9.18 Å². The van der Waals surface area contributed by atoms with Gasteiger partial charge in [0.05, 0.1) is 15.9 Å². The summed E-state index contributed by atoms with van der Waals surface area (Å²) in [7, 11) is 0. The zero-order valence-electron chi connectivity index (χ0n) is 11.9. The Labute approximate surface area is 131 Å². The van der Waals surface area contributed by atoms with Gasteiger partial charge in [-0.1, -0.05) is 42.5 Å². The monoisotopic (exact) mass is 315 g/mol. The van der Waals surface area contributed by atoms with Crippen LogP contribution in [0.3, 0.4) is 0 Å². The molecule has 0 aliphatic carbocycles. The van der Waals surface area contributed by atoms with Crippen LogP contribution < -0.4 is 10.6 Å². The summed E-state index contributed by atoms with van der Waals surface area (Å²) < 4.78 is 14.5. The van der Waals surface area contributed by atoms with Crippen LogP contribution in [-0.2, 0) is 6.42 Å². The van der Waals surface area contributed by atoms with Crippen molar-refractivity contribution in [3.05, 3.63) is 53.8 Å². The van der Waals surface area contributed by atoms with Crippen LogP contribution in [0.5, 0.6) is 0 Å². The fourth-order valence-corrected chi connectivity index (χ4v) is 3.07. The molecule has 3 aromatic rings. The number of hydrogen-bond donors (Lipinski definition) is 2. The number of anilines is 2. The van der Waals surface area contributed by atoms with E-state index >= 15 is 0 Å². The van der Waals surface area contributed by atoms with Gasteiger partial charge >= 0.3 is 6.03 Å². The average molecular weight is 315 g/mol. The number of aromatic nitrogens is 1. The van der Waals surface area contributed by atoms with Gasteiger partial charge in [-0.3, -0.25) is 5.32 Å². The number of hydrogen-bond acceptors (Lipinski definition) is 3. The largest absolute Gasteiger partial charge is 0.325 e. The van der Waals surface area contributed by atoms with Crippen molar-refractivity contribution >= 4 is 38.4 Å². The highest BCUT2D eigenvalue weighted by atomic mass is 32.1. The van der Waals surface area contributed by atoms with Crippen LogP contribution >= 0.6 is 11.3 Å². The number of thiazole rings is 1. The number of fused-ring (bicyclic) bond motifs is 1. The molecule has 0 spiro atoms. The highest BCUT2D eigenvalue weighted by Crippen LogP contribution is 2.28. The van der Waals surface area contributed by atoms with Crippen LogP contribution in [0.4, 0.5) is 20.0 Å². The van der Waals surface area contributed by atoms with E-state index in [0.29, 0.717) is 5.13 Å². The van der Waals surface area contributed by atoms with E-state index < -0.39 is 11.8 Å². The number of para-hydroxylation sites is 2. The number of urea groups is 1. The van der Waals surface area contributed by atoms with Gasteiger partial charge in [-0.25, -0.2) is 14.2 Å². The molecule has 22 heavy (non-hydrogen) atoms. The first kappa shape index (κ1) is 14.5. The number of carbonyl (C=O) groups is 1. The van der Waals surface area contributed by atoms with E-state index in [9.17, 15) is 9.18 Å².